The molecule has 10 nitrogen and oxygen atoms in total. The summed E-state index contributed by atoms with van der Waals surface area (Å²) >= 11 is 6.16. The van der Waals surface area contributed by atoms with Gasteiger partial charge in [0, 0.05) is 34.7 Å². The Morgan fingerprint density at radius 1 is 1.05 bits per heavy atom. The number of nitrogens with zero attached hydrogens (tertiary/aromatic N) is 4. The first-order valence-corrected chi connectivity index (χ1v) is 13.8. The zero-order valence-electron chi connectivity index (χ0n) is 23.1. The molecule has 1 amide bonds. The molecule has 0 aliphatic carbocycles. The molecule has 0 unspecified atom stereocenters. The summed E-state index contributed by atoms with van der Waals surface area (Å²) < 4.78 is 7.42. The van der Waals surface area contributed by atoms with Gasteiger partial charge in [0.2, 0.25) is 5.91 Å². The van der Waals surface area contributed by atoms with E-state index in [2.05, 4.69) is 15.5 Å². The van der Waals surface area contributed by atoms with Gasteiger partial charge >= 0.3 is 7.12 Å². The van der Waals surface area contributed by atoms with Crippen molar-refractivity contribution in [2.45, 2.75) is 32.2 Å². The van der Waals surface area contributed by atoms with Crippen LogP contribution in [0.2, 0.25) is 5.02 Å². The molecule has 0 fully saturated rings. The van der Waals surface area contributed by atoms with E-state index in [9.17, 15) is 19.6 Å². The molecule has 42 heavy (non-hydrogen) atoms. The van der Waals surface area contributed by atoms with Crippen LogP contribution >= 0.6 is 11.6 Å². The third-order valence-corrected chi connectivity index (χ3v) is 7.31. The first-order valence-electron chi connectivity index (χ1n) is 13.5. The molecule has 0 spiro atoms. The van der Waals surface area contributed by atoms with Gasteiger partial charge in [-0.1, -0.05) is 48.0 Å². The first-order chi connectivity index (χ1) is 20.2. The summed E-state index contributed by atoms with van der Waals surface area (Å²) in [7, 11) is 0.0190. The monoisotopic (exact) mass is 585 g/mol. The zero-order chi connectivity index (χ0) is 29.8. The van der Waals surface area contributed by atoms with Crippen molar-refractivity contribution in [3.05, 3.63) is 100 Å². The number of benzene rings is 3. The number of aromatic nitrogens is 3. The lowest BCUT2D eigenvalue weighted by Gasteiger charge is -2.14. The van der Waals surface area contributed by atoms with Crippen molar-refractivity contribution < 1.29 is 24.4 Å². The molecule has 3 N–H and O–H groups in total. The minimum Gasteiger partial charge on any atom is -0.497 e. The number of fused-ring (bicyclic) bond motifs is 3. The maximum Gasteiger partial charge on any atom is 0.488 e. The van der Waals surface area contributed by atoms with E-state index in [1.54, 1.807) is 31.4 Å². The zero-order valence-corrected chi connectivity index (χ0v) is 23.9. The molecular formula is C30H29BClN5O5. The Kier molecular flexibility index (Phi) is 8.82. The molecule has 0 bridgehead atoms. The fraction of sp³-hybridized carbons (Fsp3) is 0.233. The van der Waals surface area contributed by atoms with E-state index in [1.165, 1.54) is 12.1 Å². The summed E-state index contributed by atoms with van der Waals surface area (Å²) in [5.41, 5.74) is 3.92. The summed E-state index contributed by atoms with van der Waals surface area (Å²) in [6.07, 6.45) is 0.701. The number of nitrogens with one attached hydrogen (secondary N) is 1. The average Bonchev–Trinajstić information content (AvgIpc) is 3.32. The Labute approximate surface area is 248 Å². The van der Waals surface area contributed by atoms with E-state index >= 15 is 0 Å². The summed E-state index contributed by atoms with van der Waals surface area (Å²) in [5, 5.41) is 30.6. The van der Waals surface area contributed by atoms with Crippen LogP contribution in [0.3, 0.4) is 0 Å². The van der Waals surface area contributed by atoms with Crippen LogP contribution in [0.4, 0.5) is 0 Å². The van der Waals surface area contributed by atoms with Crippen LogP contribution in [0, 0.1) is 6.92 Å². The molecule has 2 heterocycles. The van der Waals surface area contributed by atoms with Crippen molar-refractivity contribution in [2.24, 2.45) is 4.99 Å². The van der Waals surface area contributed by atoms with Crippen LogP contribution in [-0.4, -0.2) is 63.0 Å². The Hall–Kier alpha value is -4.32. The standard InChI is InChI=1S/C30H29BClN5O5/c1-18-35-36-30-25(17-28(39)33-15-3-4-27(38)19-5-9-21(10-6-19)31(40)41)34-29(20-7-11-22(32)12-8-20)24-16-23(42-2)13-14-26(24)37(18)30/h5-14,16,25,40-41H,3-4,15,17H2,1-2H3,(H,33,39)/t25-/m0/s1. The topological polar surface area (TPSA) is 139 Å². The second-order valence-electron chi connectivity index (χ2n) is 9.90. The predicted octanol–water partition coefficient (Wildman–Crippen LogP) is 2.98. The van der Waals surface area contributed by atoms with Crippen molar-refractivity contribution in [2.75, 3.05) is 13.7 Å². The van der Waals surface area contributed by atoms with Crippen LogP contribution in [0.1, 0.15) is 58.4 Å². The fourth-order valence-corrected chi connectivity index (χ4v) is 5.01. The third kappa shape index (κ3) is 6.28. The summed E-state index contributed by atoms with van der Waals surface area (Å²) in [6, 6.07) is 18.6. The van der Waals surface area contributed by atoms with Crippen molar-refractivity contribution in [1.29, 1.82) is 0 Å². The van der Waals surface area contributed by atoms with Gasteiger partial charge in [-0.2, -0.15) is 0 Å². The van der Waals surface area contributed by atoms with Crippen LogP contribution in [0.5, 0.6) is 5.75 Å². The number of methoxy groups -OCH3 is 1. The molecule has 1 aromatic heterocycles. The highest BCUT2D eigenvalue weighted by atomic mass is 35.5. The van der Waals surface area contributed by atoms with Gasteiger partial charge in [-0.3, -0.25) is 19.1 Å². The quantitative estimate of drug-likeness (QED) is 0.148. The lowest BCUT2D eigenvalue weighted by Crippen LogP contribution is -2.29. The average molecular weight is 586 g/mol. The molecule has 1 atom stereocenters. The normalized spacial score (nSPS) is 13.8. The molecule has 3 aromatic carbocycles. The van der Waals surface area contributed by atoms with Crippen molar-refractivity contribution in [3.8, 4) is 11.4 Å². The number of ether oxygens (including phenoxy) is 1. The second-order valence-corrected chi connectivity index (χ2v) is 10.3. The molecular weight excluding hydrogens is 557 g/mol. The van der Waals surface area contributed by atoms with Gasteiger partial charge < -0.3 is 20.1 Å². The highest BCUT2D eigenvalue weighted by Crippen LogP contribution is 2.34. The Bertz CT molecular complexity index is 1640. The van der Waals surface area contributed by atoms with Crippen molar-refractivity contribution in [1.82, 2.24) is 20.1 Å². The number of carbonyl (C=O) groups is 2. The van der Waals surface area contributed by atoms with Gasteiger partial charge in [0.1, 0.15) is 17.6 Å². The number of carbonyl (C=O) groups excluding carboxylic acids is 2. The summed E-state index contributed by atoms with van der Waals surface area (Å²) in [6.45, 7) is 2.16. The SMILES string of the molecule is COc1ccc2c(c1)C(c1ccc(Cl)cc1)=N[C@@H](CC(=O)NCCCC(=O)c1ccc(B(O)O)cc1)c1nnc(C)n1-2. The molecule has 0 radical (unpaired) electrons. The van der Waals surface area contributed by atoms with Gasteiger partial charge in [0.05, 0.1) is 24.9 Å². The van der Waals surface area contributed by atoms with Crippen molar-refractivity contribution >= 4 is 41.6 Å². The maximum absolute atomic E-state index is 13.1. The smallest absolute Gasteiger partial charge is 0.488 e. The molecule has 0 saturated heterocycles. The molecule has 214 valence electrons. The van der Waals surface area contributed by atoms with E-state index in [-0.39, 0.29) is 24.5 Å². The van der Waals surface area contributed by atoms with Gasteiger partial charge in [-0.25, -0.2) is 0 Å². The number of amides is 1. The van der Waals surface area contributed by atoms with Gasteiger partial charge in [-0.05, 0) is 49.1 Å². The molecule has 1 aliphatic rings. The number of halogens is 1. The first kappa shape index (κ1) is 29.2. The molecule has 5 rings (SSSR count). The van der Waals surface area contributed by atoms with E-state index < -0.39 is 13.2 Å². The van der Waals surface area contributed by atoms with E-state index in [0.717, 1.165) is 16.8 Å². The fourth-order valence-electron chi connectivity index (χ4n) is 4.89. The van der Waals surface area contributed by atoms with Crippen molar-refractivity contribution in [3.63, 3.8) is 0 Å². The Morgan fingerprint density at radius 2 is 1.79 bits per heavy atom. The van der Waals surface area contributed by atoms with E-state index in [4.69, 9.17) is 21.3 Å². The minimum absolute atomic E-state index is 0.0270. The summed E-state index contributed by atoms with van der Waals surface area (Å²) in [5.74, 6) is 1.54. The number of aliphatic imine (C=N–C) groups is 1. The van der Waals surface area contributed by atoms with Gasteiger partial charge in [0.25, 0.3) is 0 Å². The molecule has 1 aliphatic heterocycles. The second kappa shape index (κ2) is 12.7. The lowest BCUT2D eigenvalue weighted by atomic mass is 9.80. The van der Waals surface area contributed by atoms with Gasteiger partial charge in [0.15, 0.2) is 11.6 Å². The number of Topliss-reactive ketones (excluding diaryl/α,β-unsaturated/α-hetero) is 1. The highest BCUT2D eigenvalue weighted by Gasteiger charge is 2.30. The van der Waals surface area contributed by atoms with Gasteiger partial charge in [-0.15, -0.1) is 10.2 Å². The predicted molar refractivity (Wildman–Crippen MR) is 160 cm³/mol. The molecule has 12 heteroatoms. The number of rotatable bonds is 10. The lowest BCUT2D eigenvalue weighted by molar-refractivity contribution is -0.121. The Balaban J connectivity index is 1.33. The number of ketones is 1. The highest BCUT2D eigenvalue weighted by molar-refractivity contribution is 6.58. The van der Waals surface area contributed by atoms with E-state index in [0.29, 0.717) is 52.1 Å². The number of hydrogen-bond donors (Lipinski definition) is 3. The van der Waals surface area contributed by atoms with Crippen LogP contribution in [0.25, 0.3) is 5.69 Å². The number of aryl methyl sites for hydroxylation is 1. The Morgan fingerprint density at radius 3 is 2.48 bits per heavy atom. The summed E-state index contributed by atoms with van der Waals surface area (Å²) in [4.78, 5) is 30.7. The largest absolute Gasteiger partial charge is 0.497 e. The van der Waals surface area contributed by atoms with Crippen LogP contribution in [-0.2, 0) is 4.79 Å². The molecule has 4 aromatic rings. The minimum atomic E-state index is -1.58. The van der Waals surface area contributed by atoms with Crippen LogP contribution in [0.15, 0.2) is 71.7 Å². The maximum atomic E-state index is 13.1. The van der Waals surface area contributed by atoms with E-state index in [1.807, 2.05) is 41.8 Å². The van der Waals surface area contributed by atoms with Crippen LogP contribution < -0.4 is 15.5 Å². The molecule has 0 saturated carbocycles. The number of hydrogen-bond acceptors (Lipinski definition) is 8. The third-order valence-electron chi connectivity index (χ3n) is 7.06.